The first-order valence-electron chi connectivity index (χ1n) is 10.1. The van der Waals surface area contributed by atoms with Crippen molar-refractivity contribution < 1.29 is 24.0 Å². The molecule has 1 aromatic rings. The van der Waals surface area contributed by atoms with E-state index in [2.05, 4.69) is 10.3 Å². The molecule has 0 unspecified atom stereocenters. The highest BCUT2D eigenvalue weighted by Gasteiger charge is 2.43. The Bertz CT molecular complexity index is 896. The van der Waals surface area contributed by atoms with Gasteiger partial charge in [-0.2, -0.15) is 0 Å². The summed E-state index contributed by atoms with van der Waals surface area (Å²) in [4.78, 5) is 41.0. The van der Waals surface area contributed by atoms with Gasteiger partial charge in [0.15, 0.2) is 0 Å². The number of carbonyl (C=O) groups is 2. The third-order valence-electron chi connectivity index (χ3n) is 4.70. The largest absolute Gasteiger partial charge is 0.462 e. The Kier molecular flexibility index (Phi) is 7.59. The molecule has 0 aromatic carbocycles. The van der Waals surface area contributed by atoms with Gasteiger partial charge in [-0.05, 0) is 35.6 Å². The van der Waals surface area contributed by atoms with Crippen LogP contribution in [0.2, 0.25) is 0 Å². The zero-order valence-corrected chi connectivity index (χ0v) is 19.0. The lowest BCUT2D eigenvalue weighted by Crippen LogP contribution is -2.34. The number of aromatic nitrogens is 2. The van der Waals surface area contributed by atoms with Gasteiger partial charge in [0.1, 0.15) is 5.69 Å². The fourth-order valence-electron chi connectivity index (χ4n) is 3.35. The number of nitro groups is 1. The monoisotopic (exact) mass is 434 g/mol. The highest BCUT2D eigenvalue weighted by molar-refractivity contribution is 6.00. The van der Waals surface area contributed by atoms with Crippen LogP contribution in [0.15, 0.2) is 28.9 Å². The van der Waals surface area contributed by atoms with Gasteiger partial charge in [-0.3, -0.25) is 0 Å². The first kappa shape index (κ1) is 24.1. The minimum atomic E-state index is -1.06. The summed E-state index contributed by atoms with van der Waals surface area (Å²) in [6, 6.07) is 0. The topological polar surface area (TPSA) is 126 Å². The molecule has 0 fully saturated rings. The van der Waals surface area contributed by atoms with Crippen molar-refractivity contribution in [2.75, 3.05) is 13.2 Å². The molecule has 10 heteroatoms. The number of nitrogens with zero attached hydrogens (tertiary/aromatic N) is 3. The molecule has 0 saturated heterocycles. The van der Waals surface area contributed by atoms with Crippen molar-refractivity contribution in [2.24, 2.45) is 18.9 Å². The molecule has 10 nitrogen and oxygen atoms in total. The maximum absolute atomic E-state index is 13.1. The predicted octanol–water partition coefficient (Wildman–Crippen LogP) is 2.96. The van der Waals surface area contributed by atoms with Crippen molar-refractivity contribution in [3.8, 4) is 0 Å². The Balaban J connectivity index is 2.66. The number of rotatable bonds is 8. The number of nitrogens with one attached hydrogen (secondary N) is 1. The first-order valence-corrected chi connectivity index (χ1v) is 10.1. The van der Waals surface area contributed by atoms with Crippen LogP contribution in [-0.2, 0) is 26.1 Å². The lowest BCUT2D eigenvalue weighted by Gasteiger charge is -2.30. The number of carbonyl (C=O) groups excluding carboxylic acids is 2. The quantitative estimate of drug-likeness (QED) is 0.376. The lowest BCUT2D eigenvalue weighted by atomic mass is 9.82. The van der Waals surface area contributed by atoms with Gasteiger partial charge in [-0.1, -0.05) is 27.7 Å². The van der Waals surface area contributed by atoms with E-state index in [1.54, 1.807) is 20.9 Å². The fraction of sp³-hybridized carbons (Fsp3) is 0.571. The highest BCUT2D eigenvalue weighted by atomic mass is 16.6. The maximum atomic E-state index is 13.1. The molecule has 1 N–H and O–H groups in total. The average molecular weight is 434 g/mol. The summed E-state index contributed by atoms with van der Waals surface area (Å²) in [6.45, 7) is 11.3. The van der Waals surface area contributed by atoms with Crippen LogP contribution >= 0.6 is 0 Å². The van der Waals surface area contributed by atoms with E-state index in [4.69, 9.17) is 9.47 Å². The van der Waals surface area contributed by atoms with Crippen molar-refractivity contribution in [2.45, 2.75) is 47.5 Å². The normalized spacial score (nSPS) is 14.9. The summed E-state index contributed by atoms with van der Waals surface area (Å²) in [7, 11) is 1.58. The summed E-state index contributed by atoms with van der Waals surface area (Å²) in [5, 5.41) is 14.7. The van der Waals surface area contributed by atoms with E-state index in [1.807, 2.05) is 27.7 Å². The standard InChI is InChI=1S/C21H30N4O6/c1-11(2)8-30-20(26)15-13(5)23-14(6)16(21(27)31-9-12(3)4)17(15)18-19(25(28)29)22-10-24(18)7/h10-12,17,23H,8-9H2,1-7H3. The molecule has 0 radical (unpaired) electrons. The van der Waals surface area contributed by atoms with E-state index in [9.17, 15) is 19.7 Å². The average Bonchev–Trinajstić information content (AvgIpc) is 3.05. The van der Waals surface area contributed by atoms with Crippen LogP contribution in [0.1, 0.15) is 53.2 Å². The Morgan fingerprint density at radius 2 is 1.55 bits per heavy atom. The summed E-state index contributed by atoms with van der Waals surface area (Å²) in [5.74, 6) is -2.61. The van der Waals surface area contributed by atoms with Crippen LogP contribution < -0.4 is 5.32 Å². The number of aryl methyl sites for hydroxylation is 1. The van der Waals surface area contributed by atoms with Crippen molar-refractivity contribution in [3.05, 3.63) is 44.7 Å². The van der Waals surface area contributed by atoms with Crippen LogP contribution in [-0.4, -0.2) is 39.6 Å². The SMILES string of the molecule is CC1=C(C(=O)OCC(C)C)C(c2c([N+](=O)[O-])ncn2C)C(C(=O)OCC(C)C)=C(C)N1. The molecule has 1 aliphatic heterocycles. The van der Waals surface area contributed by atoms with Crippen LogP contribution in [0, 0.1) is 22.0 Å². The molecule has 1 aliphatic rings. The summed E-state index contributed by atoms with van der Waals surface area (Å²) in [5.41, 5.74) is 1.25. The molecule has 0 bridgehead atoms. The van der Waals surface area contributed by atoms with Crippen LogP contribution in [0.4, 0.5) is 5.82 Å². The van der Waals surface area contributed by atoms with E-state index in [0.29, 0.717) is 11.4 Å². The van der Waals surface area contributed by atoms with Gasteiger partial charge in [0.2, 0.25) is 6.33 Å². The molecule has 0 saturated carbocycles. The number of esters is 2. The van der Waals surface area contributed by atoms with Gasteiger partial charge < -0.3 is 29.5 Å². The summed E-state index contributed by atoms with van der Waals surface area (Å²) >= 11 is 0. The van der Waals surface area contributed by atoms with Gasteiger partial charge in [0, 0.05) is 18.4 Å². The molecule has 0 atom stereocenters. The van der Waals surface area contributed by atoms with Crippen LogP contribution in [0.25, 0.3) is 0 Å². The molecule has 0 spiro atoms. The molecule has 2 rings (SSSR count). The molecule has 1 aromatic heterocycles. The van der Waals surface area contributed by atoms with Crippen LogP contribution in [0.5, 0.6) is 0 Å². The number of hydrogen-bond donors (Lipinski definition) is 1. The van der Waals surface area contributed by atoms with Gasteiger partial charge >= 0.3 is 17.8 Å². The van der Waals surface area contributed by atoms with Gasteiger partial charge in [-0.25, -0.2) is 9.59 Å². The second-order valence-corrected chi connectivity index (χ2v) is 8.44. The van der Waals surface area contributed by atoms with E-state index < -0.39 is 28.6 Å². The van der Waals surface area contributed by atoms with E-state index in [0.717, 1.165) is 0 Å². The molecule has 0 aliphatic carbocycles. The van der Waals surface area contributed by atoms with Crippen molar-refractivity contribution in [1.82, 2.24) is 14.9 Å². The Labute approximate surface area is 181 Å². The second-order valence-electron chi connectivity index (χ2n) is 8.44. The first-order chi connectivity index (χ1) is 14.5. The fourth-order valence-corrected chi connectivity index (χ4v) is 3.35. The summed E-state index contributed by atoms with van der Waals surface area (Å²) in [6.07, 6.45) is 1.29. The minimum absolute atomic E-state index is 0.0960. The van der Waals surface area contributed by atoms with Crippen LogP contribution in [0.3, 0.4) is 0 Å². The Morgan fingerprint density at radius 3 is 1.94 bits per heavy atom. The minimum Gasteiger partial charge on any atom is -0.462 e. The number of hydrogen-bond acceptors (Lipinski definition) is 8. The molecule has 170 valence electrons. The molecular weight excluding hydrogens is 404 g/mol. The molecule has 0 amide bonds. The zero-order valence-electron chi connectivity index (χ0n) is 19.0. The van der Waals surface area contributed by atoms with Crippen molar-refractivity contribution in [1.29, 1.82) is 0 Å². The third kappa shape index (κ3) is 5.31. The molecule has 2 heterocycles. The van der Waals surface area contributed by atoms with Gasteiger partial charge in [0.25, 0.3) is 0 Å². The van der Waals surface area contributed by atoms with Crippen molar-refractivity contribution in [3.63, 3.8) is 0 Å². The van der Waals surface area contributed by atoms with E-state index >= 15 is 0 Å². The van der Waals surface area contributed by atoms with Gasteiger partial charge in [-0.15, -0.1) is 0 Å². The third-order valence-corrected chi connectivity index (χ3v) is 4.70. The molecule has 31 heavy (non-hydrogen) atoms. The Hall–Kier alpha value is -3.17. The number of ether oxygens (including phenoxy) is 2. The van der Waals surface area contributed by atoms with E-state index in [1.165, 1.54) is 10.9 Å². The van der Waals surface area contributed by atoms with E-state index in [-0.39, 0.29) is 41.9 Å². The number of imidazole rings is 1. The predicted molar refractivity (Wildman–Crippen MR) is 113 cm³/mol. The zero-order chi connectivity index (χ0) is 23.5. The second kappa shape index (κ2) is 9.76. The van der Waals surface area contributed by atoms with Gasteiger partial charge in [0.05, 0.1) is 30.3 Å². The maximum Gasteiger partial charge on any atom is 0.385 e. The van der Waals surface area contributed by atoms with Crippen molar-refractivity contribution >= 4 is 17.8 Å². The lowest BCUT2D eigenvalue weighted by molar-refractivity contribution is -0.390. The summed E-state index contributed by atoms with van der Waals surface area (Å²) < 4.78 is 12.3. The number of allylic oxidation sites excluding steroid dienone is 2. The number of dihydropyridines is 1. The highest BCUT2D eigenvalue weighted by Crippen LogP contribution is 2.42. The Morgan fingerprint density at radius 1 is 1.10 bits per heavy atom. The molecular formula is C21H30N4O6. The smallest absolute Gasteiger partial charge is 0.385 e.